The van der Waals surface area contributed by atoms with E-state index in [-0.39, 0.29) is 40.4 Å². The first-order valence-corrected chi connectivity index (χ1v) is 10.9. The third-order valence-electron chi connectivity index (χ3n) is 6.12. The Bertz CT molecular complexity index is 1580. The van der Waals surface area contributed by atoms with E-state index in [9.17, 15) is 24.6 Å². The van der Waals surface area contributed by atoms with Gasteiger partial charge in [0, 0.05) is 29.2 Å². The minimum atomic E-state index is -0.585. The van der Waals surface area contributed by atoms with Gasteiger partial charge in [0.05, 0.1) is 26.2 Å². The smallest absolute Gasteiger partial charge is 0.337 e. The van der Waals surface area contributed by atoms with Gasteiger partial charge < -0.3 is 28.8 Å². The largest absolute Gasteiger partial charge is 0.507 e. The van der Waals surface area contributed by atoms with Crippen LogP contribution in [0.4, 0.5) is 0 Å². The Hall–Kier alpha value is -4.79. The number of aromatic hydroxyl groups is 2. The molecule has 0 saturated heterocycles. The zero-order chi connectivity index (χ0) is 25.6. The zero-order valence-corrected chi connectivity index (χ0v) is 19.2. The quantitative estimate of drug-likeness (QED) is 0.322. The van der Waals surface area contributed by atoms with Crippen LogP contribution in [0.25, 0.3) is 22.3 Å². The van der Waals surface area contributed by atoms with Gasteiger partial charge in [-0.3, -0.25) is 9.59 Å². The number of phenols is 2. The molecule has 0 saturated carbocycles. The first-order chi connectivity index (χ1) is 17.3. The first kappa shape index (κ1) is 23.0. The molecule has 0 fully saturated rings. The average Bonchev–Trinajstić information content (AvgIpc) is 2.87. The maximum Gasteiger partial charge on any atom is 0.337 e. The summed E-state index contributed by atoms with van der Waals surface area (Å²) in [4.78, 5) is 37.3. The SMILES string of the molecule is COC(=O)c1ccc([C@H]2CC(=O)Oc3cc(O)c4c(=O)cc(-c5ccc(OC)c(O)c5)oc4c32)cc1. The molecule has 0 radical (unpaired) electrons. The van der Waals surface area contributed by atoms with Crippen molar-refractivity contribution in [3.8, 4) is 34.3 Å². The summed E-state index contributed by atoms with van der Waals surface area (Å²) in [6, 6.07) is 13.5. The fourth-order valence-corrected chi connectivity index (χ4v) is 4.40. The molecule has 5 rings (SSSR count). The molecule has 1 atom stereocenters. The highest BCUT2D eigenvalue weighted by Crippen LogP contribution is 2.46. The van der Waals surface area contributed by atoms with E-state index in [1.165, 1.54) is 38.5 Å². The highest BCUT2D eigenvalue weighted by atomic mass is 16.5. The number of hydrogen-bond acceptors (Lipinski definition) is 9. The molecule has 0 amide bonds. The molecule has 1 aliphatic heterocycles. The molecular formula is C27H20O9. The van der Waals surface area contributed by atoms with Crippen molar-refractivity contribution in [2.75, 3.05) is 14.2 Å². The van der Waals surface area contributed by atoms with E-state index in [2.05, 4.69) is 0 Å². The monoisotopic (exact) mass is 488 g/mol. The Morgan fingerprint density at radius 3 is 2.39 bits per heavy atom. The third kappa shape index (κ3) is 3.80. The molecule has 3 aromatic carbocycles. The van der Waals surface area contributed by atoms with Crippen molar-refractivity contribution in [2.24, 2.45) is 0 Å². The van der Waals surface area contributed by atoms with Gasteiger partial charge >= 0.3 is 11.9 Å². The first-order valence-electron chi connectivity index (χ1n) is 10.9. The third-order valence-corrected chi connectivity index (χ3v) is 6.12. The molecular weight excluding hydrogens is 468 g/mol. The van der Waals surface area contributed by atoms with Crippen LogP contribution in [-0.2, 0) is 9.53 Å². The van der Waals surface area contributed by atoms with Gasteiger partial charge in [0.15, 0.2) is 16.9 Å². The highest BCUT2D eigenvalue weighted by molar-refractivity contribution is 5.93. The minimum Gasteiger partial charge on any atom is -0.507 e. The van der Waals surface area contributed by atoms with Gasteiger partial charge in [-0.2, -0.15) is 0 Å². The molecule has 9 heteroatoms. The summed E-state index contributed by atoms with van der Waals surface area (Å²) in [6.07, 6.45) is -0.0539. The van der Waals surface area contributed by atoms with Gasteiger partial charge in [0.2, 0.25) is 0 Å². The van der Waals surface area contributed by atoms with Crippen molar-refractivity contribution in [2.45, 2.75) is 12.3 Å². The van der Waals surface area contributed by atoms with Gasteiger partial charge in [0.1, 0.15) is 28.2 Å². The second-order valence-corrected chi connectivity index (χ2v) is 8.22. The molecule has 1 aliphatic rings. The molecule has 2 N–H and O–H groups in total. The topological polar surface area (TPSA) is 132 Å². The Balaban J connectivity index is 1.73. The number of hydrogen-bond donors (Lipinski definition) is 2. The number of ether oxygens (including phenoxy) is 3. The fourth-order valence-electron chi connectivity index (χ4n) is 4.40. The number of carbonyl (C=O) groups is 2. The molecule has 4 aromatic rings. The molecule has 9 nitrogen and oxygen atoms in total. The number of carbonyl (C=O) groups excluding carboxylic acids is 2. The molecule has 1 aromatic heterocycles. The summed E-state index contributed by atoms with van der Waals surface area (Å²) in [6.45, 7) is 0. The second kappa shape index (κ2) is 8.77. The number of esters is 2. The summed E-state index contributed by atoms with van der Waals surface area (Å²) in [7, 11) is 2.70. The predicted molar refractivity (Wildman–Crippen MR) is 128 cm³/mol. The van der Waals surface area contributed by atoms with Gasteiger partial charge in [-0.25, -0.2) is 4.79 Å². The summed E-state index contributed by atoms with van der Waals surface area (Å²) in [5.41, 5.74) is 1.35. The molecule has 0 aliphatic carbocycles. The maximum atomic E-state index is 13.1. The van der Waals surface area contributed by atoms with Crippen molar-refractivity contribution in [1.82, 2.24) is 0 Å². The average molecular weight is 488 g/mol. The van der Waals surface area contributed by atoms with E-state index in [4.69, 9.17) is 18.6 Å². The normalized spacial score (nSPS) is 14.7. The van der Waals surface area contributed by atoms with Crippen molar-refractivity contribution in [3.05, 3.63) is 81.5 Å². The van der Waals surface area contributed by atoms with E-state index >= 15 is 0 Å². The summed E-state index contributed by atoms with van der Waals surface area (Å²) >= 11 is 0. The van der Waals surface area contributed by atoms with E-state index in [0.717, 1.165) is 0 Å². The van der Waals surface area contributed by atoms with E-state index in [1.54, 1.807) is 30.3 Å². The molecule has 182 valence electrons. The number of benzene rings is 3. The van der Waals surface area contributed by atoms with E-state index in [0.29, 0.717) is 22.3 Å². The van der Waals surface area contributed by atoms with Crippen LogP contribution in [-0.4, -0.2) is 36.4 Å². The molecule has 0 spiro atoms. The second-order valence-electron chi connectivity index (χ2n) is 8.22. The molecule has 2 heterocycles. The lowest BCUT2D eigenvalue weighted by Gasteiger charge is -2.26. The van der Waals surface area contributed by atoms with Crippen molar-refractivity contribution in [3.63, 3.8) is 0 Å². The minimum absolute atomic E-state index is 0.0531. The molecule has 36 heavy (non-hydrogen) atoms. The van der Waals surface area contributed by atoms with E-state index < -0.39 is 29.0 Å². The summed E-state index contributed by atoms with van der Waals surface area (Å²) in [5.74, 6) is -1.70. The van der Waals surface area contributed by atoms with Crippen molar-refractivity contribution in [1.29, 1.82) is 0 Å². The van der Waals surface area contributed by atoms with Crippen LogP contribution >= 0.6 is 0 Å². The highest BCUT2D eigenvalue weighted by Gasteiger charge is 2.33. The fraction of sp³-hybridized carbons (Fsp3) is 0.148. The van der Waals surface area contributed by atoms with Gasteiger partial charge in [-0.1, -0.05) is 12.1 Å². The Morgan fingerprint density at radius 1 is 0.972 bits per heavy atom. The van der Waals surface area contributed by atoms with Gasteiger partial charge in [-0.15, -0.1) is 0 Å². The lowest BCUT2D eigenvalue weighted by molar-refractivity contribution is -0.135. The zero-order valence-electron chi connectivity index (χ0n) is 19.2. The van der Waals surface area contributed by atoms with E-state index in [1.807, 2.05) is 0 Å². The summed E-state index contributed by atoms with van der Waals surface area (Å²) < 4.78 is 21.3. The van der Waals surface area contributed by atoms with Crippen LogP contribution in [0.1, 0.15) is 33.8 Å². The number of methoxy groups -OCH3 is 2. The van der Waals surface area contributed by atoms with Crippen LogP contribution in [0.5, 0.6) is 23.0 Å². The van der Waals surface area contributed by atoms with Crippen LogP contribution in [0.3, 0.4) is 0 Å². The van der Waals surface area contributed by atoms with Crippen molar-refractivity contribution < 1.29 is 38.4 Å². The lowest BCUT2D eigenvalue weighted by atomic mass is 9.84. The number of fused-ring (bicyclic) bond motifs is 3. The van der Waals surface area contributed by atoms with Crippen LogP contribution in [0.2, 0.25) is 0 Å². The number of phenolic OH excluding ortho intramolecular Hbond substituents is 2. The number of rotatable bonds is 4. The standard InChI is InChI=1S/C27H20O9/c1-33-20-8-7-15(9-17(20)28)21-11-18(29)25-19(30)12-22-24(26(25)36-21)16(10-23(31)35-22)13-3-5-14(6-4-13)27(32)34-2/h3-9,11-12,16,28,30H,10H2,1-2H3/t16-/m1/s1. The lowest BCUT2D eigenvalue weighted by Crippen LogP contribution is -2.22. The summed E-state index contributed by atoms with van der Waals surface area (Å²) in [5, 5.41) is 20.7. The molecule has 0 bridgehead atoms. The Morgan fingerprint density at radius 2 is 1.72 bits per heavy atom. The maximum absolute atomic E-state index is 13.1. The van der Waals surface area contributed by atoms with Crippen LogP contribution in [0, 0.1) is 0 Å². The Labute approximate surface area is 204 Å². The molecule has 0 unspecified atom stereocenters. The van der Waals surface area contributed by atoms with Gasteiger partial charge in [0.25, 0.3) is 0 Å². The predicted octanol–water partition coefficient (Wildman–Crippen LogP) is 4.11. The Kier molecular flexibility index (Phi) is 5.60. The van der Waals surface area contributed by atoms with Gasteiger partial charge in [-0.05, 0) is 35.9 Å². The van der Waals surface area contributed by atoms with Crippen LogP contribution < -0.4 is 14.9 Å². The van der Waals surface area contributed by atoms with Crippen molar-refractivity contribution >= 4 is 22.9 Å². The van der Waals surface area contributed by atoms with Crippen LogP contribution in [0.15, 0.2) is 63.8 Å².